The Labute approximate surface area is 181 Å². The number of carbonyl (C=O) groups excluding carboxylic acids is 1. The van der Waals surface area contributed by atoms with Crippen LogP contribution in [0.15, 0.2) is 71.7 Å². The van der Waals surface area contributed by atoms with E-state index in [1.54, 1.807) is 42.6 Å². The summed E-state index contributed by atoms with van der Waals surface area (Å²) in [4.78, 5) is 16.7. The van der Waals surface area contributed by atoms with Crippen molar-refractivity contribution in [2.75, 3.05) is 13.2 Å². The maximum atomic E-state index is 12.3. The van der Waals surface area contributed by atoms with Gasteiger partial charge in [0.2, 0.25) is 0 Å². The summed E-state index contributed by atoms with van der Waals surface area (Å²) >= 11 is 0. The highest BCUT2D eigenvalue weighted by Gasteiger charge is 2.10. The van der Waals surface area contributed by atoms with Crippen molar-refractivity contribution in [3.63, 3.8) is 0 Å². The molecule has 160 valence electrons. The van der Waals surface area contributed by atoms with Crippen LogP contribution in [0.4, 0.5) is 5.69 Å². The number of hydrogen-bond acceptors (Lipinski definition) is 6. The molecule has 0 atom stereocenters. The second kappa shape index (κ2) is 10.8. The molecule has 0 aliphatic heterocycles. The lowest BCUT2D eigenvalue weighted by Crippen LogP contribution is -2.08. The lowest BCUT2D eigenvalue weighted by Gasteiger charge is -2.08. The van der Waals surface area contributed by atoms with E-state index in [-0.39, 0.29) is 11.5 Å². The molecule has 0 fully saturated rings. The summed E-state index contributed by atoms with van der Waals surface area (Å²) in [7, 11) is 0. The third-order valence-electron chi connectivity index (χ3n) is 4.26. The van der Waals surface area contributed by atoms with Gasteiger partial charge in [0.15, 0.2) is 0 Å². The van der Waals surface area contributed by atoms with Crippen LogP contribution in [0.2, 0.25) is 0 Å². The number of benzene rings is 3. The number of phenols is 1. The average Bonchev–Trinajstić information content (AvgIpc) is 2.78. The molecular formula is C25H25NO5. The summed E-state index contributed by atoms with van der Waals surface area (Å²) < 4.78 is 16.3. The van der Waals surface area contributed by atoms with E-state index in [2.05, 4.69) is 4.99 Å². The molecule has 0 aliphatic rings. The van der Waals surface area contributed by atoms with Gasteiger partial charge in [0, 0.05) is 23.9 Å². The van der Waals surface area contributed by atoms with Crippen molar-refractivity contribution in [3.8, 4) is 23.0 Å². The molecule has 1 N–H and O–H groups in total. The van der Waals surface area contributed by atoms with Gasteiger partial charge in [-0.2, -0.15) is 0 Å². The van der Waals surface area contributed by atoms with Crippen LogP contribution in [0.1, 0.15) is 36.2 Å². The molecule has 3 rings (SSSR count). The number of esters is 1. The second-order valence-electron chi connectivity index (χ2n) is 6.67. The normalized spacial score (nSPS) is 10.8. The molecule has 0 aromatic heterocycles. The van der Waals surface area contributed by atoms with Crippen LogP contribution in [0.3, 0.4) is 0 Å². The Balaban J connectivity index is 1.65. The number of rotatable bonds is 9. The Bertz CT molecular complexity index is 1040. The van der Waals surface area contributed by atoms with E-state index < -0.39 is 5.97 Å². The van der Waals surface area contributed by atoms with Gasteiger partial charge in [-0.05, 0) is 61.9 Å². The van der Waals surface area contributed by atoms with E-state index in [4.69, 9.17) is 14.2 Å². The zero-order valence-corrected chi connectivity index (χ0v) is 17.6. The van der Waals surface area contributed by atoms with Crippen LogP contribution in [0, 0.1) is 0 Å². The molecule has 0 aliphatic carbocycles. The van der Waals surface area contributed by atoms with Crippen LogP contribution in [-0.4, -0.2) is 30.5 Å². The first-order chi connectivity index (χ1) is 15.1. The zero-order valence-electron chi connectivity index (χ0n) is 17.6. The molecule has 3 aromatic rings. The number of hydrogen-bond donors (Lipinski definition) is 1. The predicted octanol–water partition coefficient (Wildman–Crippen LogP) is 5.55. The van der Waals surface area contributed by atoms with Gasteiger partial charge in [0.25, 0.3) is 0 Å². The first kappa shape index (κ1) is 21.9. The number of phenolic OH excluding ortho intramolecular Hbond substituents is 1. The van der Waals surface area contributed by atoms with Crippen molar-refractivity contribution in [3.05, 3.63) is 77.9 Å². The monoisotopic (exact) mass is 419 g/mol. The fourth-order valence-electron chi connectivity index (χ4n) is 2.73. The van der Waals surface area contributed by atoms with Crippen molar-refractivity contribution in [1.82, 2.24) is 0 Å². The highest BCUT2D eigenvalue weighted by atomic mass is 16.5. The van der Waals surface area contributed by atoms with Crippen LogP contribution in [0.5, 0.6) is 23.0 Å². The Morgan fingerprint density at radius 1 is 0.935 bits per heavy atom. The Morgan fingerprint density at radius 3 is 2.42 bits per heavy atom. The maximum Gasteiger partial charge on any atom is 0.343 e. The fourth-order valence-corrected chi connectivity index (χ4v) is 2.73. The summed E-state index contributed by atoms with van der Waals surface area (Å²) in [5.74, 6) is 1.11. The van der Waals surface area contributed by atoms with Gasteiger partial charge in [-0.1, -0.05) is 13.0 Å². The maximum absolute atomic E-state index is 12.3. The van der Waals surface area contributed by atoms with Crippen molar-refractivity contribution in [2.24, 2.45) is 4.99 Å². The van der Waals surface area contributed by atoms with Crippen LogP contribution in [0.25, 0.3) is 0 Å². The lowest BCUT2D eigenvalue weighted by atomic mass is 10.2. The first-order valence-electron chi connectivity index (χ1n) is 10.1. The van der Waals surface area contributed by atoms with Crippen LogP contribution < -0.4 is 14.2 Å². The van der Waals surface area contributed by atoms with E-state index in [1.807, 2.05) is 38.1 Å². The van der Waals surface area contributed by atoms with Crippen molar-refractivity contribution in [1.29, 1.82) is 0 Å². The van der Waals surface area contributed by atoms with Crippen LogP contribution >= 0.6 is 0 Å². The van der Waals surface area contributed by atoms with Crippen molar-refractivity contribution in [2.45, 2.75) is 20.3 Å². The van der Waals surface area contributed by atoms with Gasteiger partial charge in [0.1, 0.15) is 23.0 Å². The summed E-state index contributed by atoms with van der Waals surface area (Å²) in [6, 6.07) is 18.7. The third kappa shape index (κ3) is 6.34. The molecule has 6 heteroatoms. The fraction of sp³-hybridized carbons (Fsp3) is 0.200. The van der Waals surface area contributed by atoms with Gasteiger partial charge in [0.05, 0.1) is 24.5 Å². The van der Waals surface area contributed by atoms with Gasteiger partial charge >= 0.3 is 5.97 Å². The molecule has 0 saturated carbocycles. The third-order valence-corrected chi connectivity index (χ3v) is 4.26. The zero-order chi connectivity index (χ0) is 22.1. The number of aliphatic imine (C=N–C) groups is 1. The molecule has 0 radical (unpaired) electrons. The molecule has 0 bridgehead atoms. The SMILES string of the molecule is CCCOc1ccc(C(=O)Oc2ccc(C=Nc3cccc(OCC)c3)c(O)c2)cc1. The van der Waals surface area contributed by atoms with Gasteiger partial charge in [-0.3, -0.25) is 4.99 Å². The molecule has 0 saturated heterocycles. The van der Waals surface area contributed by atoms with Gasteiger partial charge in [-0.25, -0.2) is 4.79 Å². The standard InChI is InChI=1S/C25H25NO5/c1-3-14-30-21-11-8-18(9-12-21)25(28)31-23-13-10-19(24(27)16-23)17-26-20-6-5-7-22(15-20)29-4-2/h5-13,15-17,27H,3-4,14H2,1-2H3. The molecule has 6 nitrogen and oxygen atoms in total. The highest BCUT2D eigenvalue weighted by molar-refractivity contribution is 5.91. The van der Waals surface area contributed by atoms with Crippen molar-refractivity contribution < 1.29 is 24.1 Å². The van der Waals surface area contributed by atoms with E-state index in [1.165, 1.54) is 6.07 Å². The second-order valence-corrected chi connectivity index (χ2v) is 6.67. The Hall–Kier alpha value is -3.80. The average molecular weight is 419 g/mol. The largest absolute Gasteiger partial charge is 0.507 e. The van der Waals surface area contributed by atoms with Gasteiger partial charge < -0.3 is 19.3 Å². The van der Waals surface area contributed by atoms with E-state index >= 15 is 0 Å². The highest BCUT2D eigenvalue weighted by Crippen LogP contribution is 2.25. The minimum Gasteiger partial charge on any atom is -0.507 e. The topological polar surface area (TPSA) is 77.4 Å². The minimum absolute atomic E-state index is 0.0432. The molecule has 0 heterocycles. The number of nitrogens with zero attached hydrogens (tertiary/aromatic N) is 1. The summed E-state index contributed by atoms with van der Waals surface area (Å²) in [5.41, 5.74) is 1.59. The summed E-state index contributed by atoms with van der Waals surface area (Å²) in [6.45, 7) is 5.14. The number of carbonyl (C=O) groups is 1. The molecule has 3 aromatic carbocycles. The molecule has 0 spiro atoms. The van der Waals surface area contributed by atoms with Crippen molar-refractivity contribution >= 4 is 17.9 Å². The lowest BCUT2D eigenvalue weighted by molar-refractivity contribution is 0.0734. The Kier molecular flexibility index (Phi) is 7.65. The van der Waals surface area contributed by atoms with E-state index in [0.29, 0.717) is 35.8 Å². The smallest absolute Gasteiger partial charge is 0.343 e. The minimum atomic E-state index is -0.518. The number of ether oxygens (including phenoxy) is 3. The summed E-state index contributed by atoms with van der Waals surface area (Å²) in [5, 5.41) is 10.3. The van der Waals surface area contributed by atoms with Gasteiger partial charge in [-0.15, -0.1) is 0 Å². The quantitative estimate of drug-likeness (QED) is 0.280. The number of aromatic hydroxyl groups is 1. The molecule has 0 amide bonds. The predicted molar refractivity (Wildman–Crippen MR) is 120 cm³/mol. The Morgan fingerprint density at radius 2 is 1.71 bits per heavy atom. The first-order valence-corrected chi connectivity index (χ1v) is 10.1. The van der Waals surface area contributed by atoms with E-state index in [0.717, 1.165) is 12.2 Å². The van der Waals surface area contributed by atoms with Crippen LogP contribution in [-0.2, 0) is 0 Å². The molecule has 0 unspecified atom stereocenters. The molecule has 31 heavy (non-hydrogen) atoms. The molecular weight excluding hydrogens is 394 g/mol. The summed E-state index contributed by atoms with van der Waals surface area (Å²) in [6.07, 6.45) is 2.45. The van der Waals surface area contributed by atoms with E-state index in [9.17, 15) is 9.90 Å².